The van der Waals surface area contributed by atoms with Gasteiger partial charge < -0.3 is 10.2 Å². The summed E-state index contributed by atoms with van der Waals surface area (Å²) in [4.78, 5) is 2.54. The van der Waals surface area contributed by atoms with Crippen molar-refractivity contribution in [1.82, 2.24) is 10.2 Å². The molecule has 100 valence electrons. The molecule has 17 heavy (non-hydrogen) atoms. The fourth-order valence-electron chi connectivity index (χ4n) is 3.10. The lowest BCUT2D eigenvalue weighted by molar-refractivity contribution is 0.174. The third kappa shape index (κ3) is 4.15. The van der Waals surface area contributed by atoms with E-state index in [-0.39, 0.29) is 0 Å². The molecular formula is C14H28N2S. The summed E-state index contributed by atoms with van der Waals surface area (Å²) >= 11 is 2.12. The second kappa shape index (κ2) is 5.94. The van der Waals surface area contributed by atoms with E-state index in [0.717, 1.165) is 12.1 Å². The highest BCUT2D eigenvalue weighted by Crippen LogP contribution is 2.33. The van der Waals surface area contributed by atoms with Gasteiger partial charge in [-0.15, -0.1) is 0 Å². The number of nitrogens with zero attached hydrogens (tertiary/aromatic N) is 1. The van der Waals surface area contributed by atoms with E-state index in [9.17, 15) is 0 Å². The van der Waals surface area contributed by atoms with Crippen LogP contribution < -0.4 is 5.32 Å². The summed E-state index contributed by atoms with van der Waals surface area (Å²) in [6, 6.07) is 1.51. The molecule has 2 heterocycles. The molecule has 1 N–H and O–H groups in total. The first-order valence-corrected chi connectivity index (χ1v) is 8.24. The molecule has 0 aliphatic carbocycles. The zero-order chi connectivity index (χ0) is 12.3. The second-order valence-electron chi connectivity index (χ2n) is 6.62. The van der Waals surface area contributed by atoms with Crippen LogP contribution in [0.3, 0.4) is 0 Å². The van der Waals surface area contributed by atoms with Crippen LogP contribution in [-0.4, -0.2) is 48.6 Å². The summed E-state index contributed by atoms with van der Waals surface area (Å²) in [7, 11) is 2.28. The molecule has 2 aliphatic rings. The summed E-state index contributed by atoms with van der Waals surface area (Å²) in [5, 5.41) is 3.81. The minimum absolute atomic E-state index is 0.527. The van der Waals surface area contributed by atoms with Crippen molar-refractivity contribution in [1.29, 1.82) is 0 Å². The maximum Gasteiger partial charge on any atom is 0.0217 e. The van der Waals surface area contributed by atoms with Crippen LogP contribution in [0.1, 0.15) is 39.5 Å². The first kappa shape index (κ1) is 13.7. The highest BCUT2D eigenvalue weighted by molar-refractivity contribution is 7.99. The number of piperidine rings is 1. The summed E-state index contributed by atoms with van der Waals surface area (Å²) in [5.41, 5.74) is 0.527. The Balaban J connectivity index is 1.73. The van der Waals surface area contributed by atoms with Crippen LogP contribution >= 0.6 is 11.8 Å². The van der Waals surface area contributed by atoms with E-state index in [1.807, 2.05) is 0 Å². The monoisotopic (exact) mass is 256 g/mol. The fourth-order valence-corrected chi connectivity index (χ4v) is 4.41. The van der Waals surface area contributed by atoms with Crippen molar-refractivity contribution in [3.63, 3.8) is 0 Å². The predicted molar refractivity (Wildman–Crippen MR) is 77.8 cm³/mol. The zero-order valence-electron chi connectivity index (χ0n) is 11.7. The molecule has 2 unspecified atom stereocenters. The summed E-state index contributed by atoms with van der Waals surface area (Å²) in [5.74, 6) is 2.63. The molecule has 0 bridgehead atoms. The molecule has 2 atom stereocenters. The van der Waals surface area contributed by atoms with Crippen molar-refractivity contribution in [2.24, 2.45) is 5.41 Å². The average molecular weight is 256 g/mol. The van der Waals surface area contributed by atoms with E-state index in [1.54, 1.807) is 0 Å². The number of thioether (sulfide) groups is 1. The number of hydrogen-bond acceptors (Lipinski definition) is 3. The van der Waals surface area contributed by atoms with Gasteiger partial charge in [0.2, 0.25) is 0 Å². The van der Waals surface area contributed by atoms with Gasteiger partial charge in [0.05, 0.1) is 0 Å². The lowest BCUT2D eigenvalue weighted by Gasteiger charge is -2.38. The van der Waals surface area contributed by atoms with E-state index >= 15 is 0 Å². The lowest BCUT2D eigenvalue weighted by atomic mass is 9.87. The molecule has 2 nitrogen and oxygen atoms in total. The number of hydrogen-bond donors (Lipinski definition) is 1. The van der Waals surface area contributed by atoms with Gasteiger partial charge in [0, 0.05) is 24.4 Å². The molecular weight excluding hydrogens is 228 g/mol. The second-order valence-corrected chi connectivity index (χ2v) is 7.65. The molecule has 0 radical (unpaired) electrons. The van der Waals surface area contributed by atoms with Crippen LogP contribution in [0.25, 0.3) is 0 Å². The Bertz CT molecular complexity index is 242. The van der Waals surface area contributed by atoms with Crippen LogP contribution in [0.15, 0.2) is 0 Å². The molecule has 0 aromatic rings. The maximum absolute atomic E-state index is 3.81. The summed E-state index contributed by atoms with van der Waals surface area (Å²) in [6.45, 7) is 7.29. The zero-order valence-corrected chi connectivity index (χ0v) is 12.5. The predicted octanol–water partition coefficient (Wildman–Crippen LogP) is 2.59. The minimum atomic E-state index is 0.527. The normalized spacial score (nSPS) is 34.8. The molecule has 0 aromatic heterocycles. The summed E-state index contributed by atoms with van der Waals surface area (Å²) in [6.07, 6.45) is 5.53. The lowest BCUT2D eigenvalue weighted by Crippen LogP contribution is -2.48. The largest absolute Gasteiger partial charge is 0.312 e. The standard InChI is InChI=1S/C14H28N2S/c1-14(2)8-12(10-17-11-14)15-9-13-6-4-5-7-16(13)3/h12-13,15H,4-11H2,1-3H3. The van der Waals surface area contributed by atoms with Gasteiger partial charge in [0.25, 0.3) is 0 Å². The molecule has 0 amide bonds. The van der Waals surface area contributed by atoms with E-state index < -0.39 is 0 Å². The van der Waals surface area contributed by atoms with Crippen molar-refractivity contribution in [2.75, 3.05) is 31.6 Å². The van der Waals surface area contributed by atoms with Crippen molar-refractivity contribution < 1.29 is 0 Å². The highest BCUT2D eigenvalue weighted by Gasteiger charge is 2.29. The Morgan fingerprint density at radius 2 is 2.18 bits per heavy atom. The van der Waals surface area contributed by atoms with Crippen LogP contribution in [0.4, 0.5) is 0 Å². The molecule has 0 aromatic carbocycles. The van der Waals surface area contributed by atoms with Crippen LogP contribution in [0.2, 0.25) is 0 Å². The first-order chi connectivity index (χ1) is 8.07. The topological polar surface area (TPSA) is 15.3 Å². The third-order valence-electron chi connectivity index (χ3n) is 4.17. The summed E-state index contributed by atoms with van der Waals surface area (Å²) < 4.78 is 0. The van der Waals surface area contributed by atoms with Gasteiger partial charge in [-0.25, -0.2) is 0 Å². The smallest absolute Gasteiger partial charge is 0.0217 e. The number of likely N-dealkylation sites (tertiary alicyclic amines) is 1. The number of nitrogens with one attached hydrogen (secondary N) is 1. The quantitative estimate of drug-likeness (QED) is 0.835. The first-order valence-electron chi connectivity index (χ1n) is 7.08. The Labute approximate surface area is 111 Å². The van der Waals surface area contributed by atoms with Gasteiger partial charge in [0.1, 0.15) is 0 Å². The van der Waals surface area contributed by atoms with E-state index in [4.69, 9.17) is 0 Å². The third-order valence-corrected chi connectivity index (χ3v) is 5.80. The molecule has 2 aliphatic heterocycles. The molecule has 0 saturated carbocycles. The molecule has 3 heteroatoms. The van der Waals surface area contributed by atoms with Crippen LogP contribution in [0.5, 0.6) is 0 Å². The average Bonchev–Trinajstić information content (AvgIpc) is 2.27. The molecule has 2 saturated heterocycles. The Kier molecular flexibility index (Phi) is 4.79. The van der Waals surface area contributed by atoms with Crippen LogP contribution in [-0.2, 0) is 0 Å². The van der Waals surface area contributed by atoms with Gasteiger partial charge in [0.15, 0.2) is 0 Å². The van der Waals surface area contributed by atoms with Gasteiger partial charge >= 0.3 is 0 Å². The van der Waals surface area contributed by atoms with E-state index in [0.29, 0.717) is 5.41 Å². The van der Waals surface area contributed by atoms with E-state index in [2.05, 4.69) is 42.9 Å². The molecule has 2 rings (SSSR count). The minimum Gasteiger partial charge on any atom is -0.312 e. The van der Waals surface area contributed by atoms with Crippen molar-refractivity contribution >= 4 is 11.8 Å². The van der Waals surface area contributed by atoms with Gasteiger partial charge in [-0.2, -0.15) is 11.8 Å². The van der Waals surface area contributed by atoms with Gasteiger partial charge in [-0.1, -0.05) is 20.3 Å². The molecule has 2 fully saturated rings. The van der Waals surface area contributed by atoms with Crippen LogP contribution in [0, 0.1) is 5.41 Å². The van der Waals surface area contributed by atoms with Crippen molar-refractivity contribution in [3.05, 3.63) is 0 Å². The Hall–Kier alpha value is 0.270. The fraction of sp³-hybridized carbons (Fsp3) is 1.00. The number of rotatable bonds is 3. The van der Waals surface area contributed by atoms with Gasteiger partial charge in [-0.05, 0) is 44.0 Å². The molecule has 0 spiro atoms. The van der Waals surface area contributed by atoms with E-state index in [1.165, 1.54) is 50.3 Å². The Morgan fingerprint density at radius 1 is 1.35 bits per heavy atom. The van der Waals surface area contributed by atoms with Gasteiger partial charge in [-0.3, -0.25) is 0 Å². The number of likely N-dealkylation sites (N-methyl/N-ethyl adjacent to an activating group) is 1. The highest BCUT2D eigenvalue weighted by atomic mass is 32.2. The van der Waals surface area contributed by atoms with Crippen molar-refractivity contribution in [2.45, 2.75) is 51.6 Å². The van der Waals surface area contributed by atoms with Crippen molar-refractivity contribution in [3.8, 4) is 0 Å². The maximum atomic E-state index is 3.81. The SMILES string of the molecule is CN1CCCCC1CNC1CSCC(C)(C)C1. The Morgan fingerprint density at radius 3 is 2.88 bits per heavy atom.